The van der Waals surface area contributed by atoms with Gasteiger partial charge in [0, 0.05) is 17.3 Å². The Morgan fingerprint density at radius 3 is 3.08 bits per heavy atom. The van der Waals surface area contributed by atoms with Gasteiger partial charge in [-0.25, -0.2) is 0 Å². The lowest BCUT2D eigenvalue weighted by molar-refractivity contribution is 0.409. The Morgan fingerprint density at radius 2 is 2.33 bits per heavy atom. The number of methoxy groups -OCH3 is 1. The summed E-state index contributed by atoms with van der Waals surface area (Å²) in [5.41, 5.74) is 2.17. The molecule has 0 atom stereocenters. The second kappa shape index (κ2) is 2.66. The minimum atomic E-state index is -0.0625. The fourth-order valence-corrected chi connectivity index (χ4v) is 1.73. The molecule has 0 amide bonds. The van der Waals surface area contributed by atoms with Gasteiger partial charge in [0.2, 0.25) is 0 Å². The van der Waals surface area contributed by atoms with Gasteiger partial charge < -0.3 is 9.72 Å². The van der Waals surface area contributed by atoms with Gasteiger partial charge in [-0.3, -0.25) is 4.79 Å². The first-order chi connectivity index (χ1) is 5.81. The molecule has 1 aliphatic rings. The summed E-state index contributed by atoms with van der Waals surface area (Å²) in [5.74, 6) is 0.742. The maximum atomic E-state index is 11.1. The van der Waals surface area contributed by atoms with Gasteiger partial charge in [0.05, 0.1) is 7.11 Å². The van der Waals surface area contributed by atoms with Gasteiger partial charge >= 0.3 is 0 Å². The Kier molecular flexibility index (Phi) is 1.64. The van der Waals surface area contributed by atoms with Gasteiger partial charge in [-0.05, 0) is 19.3 Å². The zero-order chi connectivity index (χ0) is 8.55. The third-order valence-electron chi connectivity index (χ3n) is 2.27. The predicted molar refractivity (Wildman–Crippen MR) is 45.6 cm³/mol. The first-order valence-corrected chi connectivity index (χ1v) is 4.10. The summed E-state index contributed by atoms with van der Waals surface area (Å²) < 4.78 is 5.12. The van der Waals surface area contributed by atoms with E-state index in [0.717, 1.165) is 30.7 Å². The second-order valence-electron chi connectivity index (χ2n) is 3.01. The van der Waals surface area contributed by atoms with Crippen molar-refractivity contribution < 1.29 is 4.74 Å². The molecule has 0 aliphatic heterocycles. The minimum absolute atomic E-state index is 0.0625. The Labute approximate surface area is 70.4 Å². The quantitative estimate of drug-likeness (QED) is 0.671. The number of aryl methyl sites for hydroxylation is 1. The van der Waals surface area contributed by atoms with Gasteiger partial charge in [-0.2, -0.15) is 0 Å². The number of hydrogen-bond acceptors (Lipinski definition) is 2. The van der Waals surface area contributed by atoms with Crippen LogP contribution in [0, 0.1) is 0 Å². The summed E-state index contributed by atoms with van der Waals surface area (Å²) in [5, 5.41) is 0. The van der Waals surface area contributed by atoms with Crippen molar-refractivity contribution in [3.05, 3.63) is 27.7 Å². The molecule has 1 heterocycles. The number of pyridine rings is 1. The van der Waals surface area contributed by atoms with Crippen LogP contribution >= 0.6 is 0 Å². The smallest absolute Gasteiger partial charge is 0.251 e. The van der Waals surface area contributed by atoms with E-state index in [1.54, 1.807) is 7.11 Å². The Bertz CT molecular complexity index is 354. The van der Waals surface area contributed by atoms with Crippen LogP contribution in [0.5, 0.6) is 5.75 Å². The lowest BCUT2D eigenvalue weighted by Gasteiger charge is -2.04. The highest BCUT2D eigenvalue weighted by Gasteiger charge is 2.16. The van der Waals surface area contributed by atoms with Gasteiger partial charge in [0.15, 0.2) is 0 Å². The lowest BCUT2D eigenvalue weighted by atomic mass is 10.2. The van der Waals surface area contributed by atoms with Crippen molar-refractivity contribution in [2.45, 2.75) is 19.3 Å². The van der Waals surface area contributed by atoms with E-state index in [0.29, 0.717) is 0 Å². The average Bonchev–Trinajstić information content (AvgIpc) is 2.50. The van der Waals surface area contributed by atoms with Gasteiger partial charge in [-0.15, -0.1) is 0 Å². The first-order valence-electron chi connectivity index (χ1n) is 4.10. The van der Waals surface area contributed by atoms with Crippen LogP contribution in [0.2, 0.25) is 0 Å². The normalized spacial score (nSPS) is 14.4. The molecule has 0 saturated heterocycles. The molecule has 0 bridgehead atoms. The van der Waals surface area contributed by atoms with E-state index in [-0.39, 0.29) is 5.56 Å². The van der Waals surface area contributed by atoms with Crippen molar-refractivity contribution in [3.8, 4) is 5.75 Å². The molecule has 0 aromatic carbocycles. The Hall–Kier alpha value is -1.25. The summed E-state index contributed by atoms with van der Waals surface area (Å²) in [6, 6.07) is 1.52. The van der Waals surface area contributed by atoms with Crippen molar-refractivity contribution in [1.82, 2.24) is 4.98 Å². The number of aromatic amines is 1. The topological polar surface area (TPSA) is 42.1 Å². The van der Waals surface area contributed by atoms with Gasteiger partial charge in [0.25, 0.3) is 5.56 Å². The van der Waals surface area contributed by atoms with Gasteiger partial charge in [0.1, 0.15) is 5.75 Å². The number of fused-ring (bicyclic) bond motifs is 1. The van der Waals surface area contributed by atoms with Crippen molar-refractivity contribution >= 4 is 0 Å². The number of rotatable bonds is 1. The average molecular weight is 165 g/mol. The minimum Gasteiger partial charge on any atom is -0.496 e. The zero-order valence-corrected chi connectivity index (χ0v) is 7.02. The molecule has 1 aromatic heterocycles. The van der Waals surface area contributed by atoms with Crippen molar-refractivity contribution in [3.63, 3.8) is 0 Å². The highest BCUT2D eigenvalue weighted by atomic mass is 16.5. The van der Waals surface area contributed by atoms with Crippen molar-refractivity contribution in [1.29, 1.82) is 0 Å². The number of ether oxygens (including phenoxy) is 1. The number of hydrogen-bond donors (Lipinski definition) is 1. The summed E-state index contributed by atoms with van der Waals surface area (Å²) in [4.78, 5) is 13.9. The van der Waals surface area contributed by atoms with Crippen LogP contribution in [-0.4, -0.2) is 12.1 Å². The lowest BCUT2D eigenvalue weighted by Crippen LogP contribution is -2.08. The summed E-state index contributed by atoms with van der Waals surface area (Å²) in [7, 11) is 1.60. The number of aromatic nitrogens is 1. The first kappa shape index (κ1) is 7.40. The van der Waals surface area contributed by atoms with Crippen molar-refractivity contribution in [2.75, 3.05) is 7.11 Å². The van der Waals surface area contributed by atoms with Crippen molar-refractivity contribution in [2.24, 2.45) is 0 Å². The van der Waals surface area contributed by atoms with E-state index in [2.05, 4.69) is 4.98 Å². The monoisotopic (exact) mass is 165 g/mol. The molecular formula is C9H11NO2. The van der Waals surface area contributed by atoms with E-state index in [9.17, 15) is 4.79 Å². The van der Waals surface area contributed by atoms with Crippen LogP contribution in [0.4, 0.5) is 0 Å². The van der Waals surface area contributed by atoms with Crippen LogP contribution in [0.1, 0.15) is 17.7 Å². The van der Waals surface area contributed by atoms with E-state index >= 15 is 0 Å². The molecular weight excluding hydrogens is 154 g/mol. The van der Waals surface area contributed by atoms with E-state index in [4.69, 9.17) is 4.74 Å². The third kappa shape index (κ3) is 1.02. The maximum absolute atomic E-state index is 11.1. The van der Waals surface area contributed by atoms with Gasteiger partial charge in [-0.1, -0.05) is 0 Å². The standard InChI is InChI=1S/C9H11NO2/c1-12-8-5-9(11)10-7-4-2-3-6(7)8/h5H,2-4H2,1H3,(H,10,11). The molecule has 0 radical (unpaired) electrons. The highest BCUT2D eigenvalue weighted by Crippen LogP contribution is 2.26. The summed E-state index contributed by atoms with van der Waals surface area (Å²) >= 11 is 0. The third-order valence-corrected chi connectivity index (χ3v) is 2.27. The fourth-order valence-electron chi connectivity index (χ4n) is 1.73. The van der Waals surface area contributed by atoms with Crippen LogP contribution in [0.3, 0.4) is 0 Å². The largest absolute Gasteiger partial charge is 0.496 e. The molecule has 0 fully saturated rings. The molecule has 64 valence electrons. The van der Waals surface area contributed by atoms with Crippen LogP contribution < -0.4 is 10.3 Å². The molecule has 3 heteroatoms. The molecule has 3 nitrogen and oxygen atoms in total. The SMILES string of the molecule is COc1cc(=O)[nH]c2c1CCC2. The molecule has 0 spiro atoms. The van der Waals surface area contributed by atoms with Crippen LogP contribution in [0.25, 0.3) is 0 Å². The van der Waals surface area contributed by atoms with Crippen LogP contribution in [0.15, 0.2) is 10.9 Å². The van der Waals surface area contributed by atoms with E-state index in [1.165, 1.54) is 11.6 Å². The molecule has 2 rings (SSSR count). The molecule has 1 aliphatic carbocycles. The number of H-pyrrole nitrogens is 1. The predicted octanol–water partition coefficient (Wildman–Crippen LogP) is 0.872. The molecule has 12 heavy (non-hydrogen) atoms. The van der Waals surface area contributed by atoms with E-state index in [1.807, 2.05) is 0 Å². The van der Waals surface area contributed by atoms with Crippen LogP contribution in [-0.2, 0) is 12.8 Å². The summed E-state index contributed by atoms with van der Waals surface area (Å²) in [6.45, 7) is 0. The summed E-state index contributed by atoms with van der Waals surface area (Å²) in [6.07, 6.45) is 3.11. The Morgan fingerprint density at radius 1 is 1.50 bits per heavy atom. The fraction of sp³-hybridized carbons (Fsp3) is 0.444. The molecule has 1 N–H and O–H groups in total. The van der Waals surface area contributed by atoms with E-state index < -0.39 is 0 Å². The molecule has 0 unspecified atom stereocenters. The second-order valence-corrected chi connectivity index (χ2v) is 3.01. The maximum Gasteiger partial charge on any atom is 0.251 e. The number of nitrogens with one attached hydrogen (secondary N) is 1. The molecule has 1 aromatic rings. The zero-order valence-electron chi connectivity index (χ0n) is 7.02. The molecule has 0 saturated carbocycles. The Balaban J connectivity index is 2.62. The highest BCUT2D eigenvalue weighted by molar-refractivity contribution is 5.38.